The Hall–Kier alpha value is -1.33. The fourth-order valence-corrected chi connectivity index (χ4v) is 2.94. The molecule has 1 aliphatic rings. The number of rotatable bonds is 5. The van der Waals surface area contributed by atoms with E-state index in [0.29, 0.717) is 6.04 Å². The summed E-state index contributed by atoms with van der Waals surface area (Å²) in [5, 5.41) is 9.19. The molecular weight excluding hydrogens is 258 g/mol. The van der Waals surface area contributed by atoms with Crippen molar-refractivity contribution in [1.82, 2.24) is 4.90 Å². The Bertz CT molecular complexity index is 441. The van der Waals surface area contributed by atoms with Crippen LogP contribution in [0.25, 0.3) is 0 Å². The van der Waals surface area contributed by atoms with Crippen molar-refractivity contribution in [2.75, 3.05) is 20.3 Å². The van der Waals surface area contributed by atoms with Gasteiger partial charge in [-0.2, -0.15) is 0 Å². The van der Waals surface area contributed by atoms with Crippen LogP contribution in [0.4, 0.5) is 0 Å². The summed E-state index contributed by atoms with van der Waals surface area (Å²) in [4.78, 5) is 13.8. The van der Waals surface area contributed by atoms with Crippen molar-refractivity contribution >= 4 is 5.97 Å². The van der Waals surface area contributed by atoms with Gasteiger partial charge >= 0.3 is 5.97 Å². The van der Waals surface area contributed by atoms with Crippen LogP contribution in [0.1, 0.15) is 55.0 Å². The number of hydrogen-bond acceptors (Lipinski definition) is 5. The highest BCUT2D eigenvalue weighted by Gasteiger charge is 2.28. The highest BCUT2D eigenvalue weighted by molar-refractivity contribution is 5.86. The van der Waals surface area contributed by atoms with E-state index in [1.165, 1.54) is 13.5 Å². The standard InChI is InChI=1S/C15H23NO4/c1-11(13-6-7-14(20-13)15(18)19-2)16-9-4-3-5-12(16)8-10-17/h6-7,11-12,17H,3-5,8-10H2,1-2H3. The second kappa shape index (κ2) is 6.90. The highest BCUT2D eigenvalue weighted by Crippen LogP contribution is 2.30. The maximum absolute atomic E-state index is 11.4. The Morgan fingerprint density at radius 2 is 2.35 bits per heavy atom. The van der Waals surface area contributed by atoms with Crippen molar-refractivity contribution in [3.05, 3.63) is 23.7 Å². The fourth-order valence-electron chi connectivity index (χ4n) is 2.94. The maximum Gasteiger partial charge on any atom is 0.373 e. The van der Waals surface area contributed by atoms with Gasteiger partial charge in [0.05, 0.1) is 13.2 Å². The molecule has 0 radical (unpaired) electrons. The average molecular weight is 281 g/mol. The molecule has 5 heteroatoms. The van der Waals surface area contributed by atoms with Crippen LogP contribution in [0.5, 0.6) is 0 Å². The van der Waals surface area contributed by atoms with Gasteiger partial charge < -0.3 is 14.3 Å². The van der Waals surface area contributed by atoms with Gasteiger partial charge in [-0.1, -0.05) is 6.42 Å². The molecule has 1 saturated heterocycles. The summed E-state index contributed by atoms with van der Waals surface area (Å²) in [6.45, 7) is 3.29. The Morgan fingerprint density at radius 1 is 1.55 bits per heavy atom. The molecule has 0 bridgehead atoms. The number of aliphatic hydroxyl groups excluding tert-OH is 1. The Morgan fingerprint density at radius 3 is 3.05 bits per heavy atom. The van der Waals surface area contributed by atoms with Crippen molar-refractivity contribution in [2.45, 2.75) is 44.7 Å². The molecule has 2 unspecified atom stereocenters. The molecule has 1 fully saturated rings. The van der Waals surface area contributed by atoms with Crippen molar-refractivity contribution in [3.8, 4) is 0 Å². The lowest BCUT2D eigenvalue weighted by atomic mass is 9.97. The molecule has 0 spiro atoms. The minimum atomic E-state index is -0.450. The predicted octanol–water partition coefficient (Wildman–Crippen LogP) is 2.36. The lowest BCUT2D eigenvalue weighted by Crippen LogP contribution is -2.41. The molecule has 1 aliphatic heterocycles. The third-order valence-electron chi connectivity index (χ3n) is 4.06. The number of aliphatic hydroxyl groups is 1. The van der Waals surface area contributed by atoms with Crippen molar-refractivity contribution in [2.24, 2.45) is 0 Å². The second-order valence-corrected chi connectivity index (χ2v) is 5.27. The van der Waals surface area contributed by atoms with Gasteiger partial charge in [-0.25, -0.2) is 4.79 Å². The topological polar surface area (TPSA) is 62.9 Å². The maximum atomic E-state index is 11.4. The molecule has 0 aromatic carbocycles. The van der Waals surface area contributed by atoms with Crippen LogP contribution in [0.2, 0.25) is 0 Å². The second-order valence-electron chi connectivity index (χ2n) is 5.27. The summed E-state index contributed by atoms with van der Waals surface area (Å²) in [6.07, 6.45) is 4.26. The molecule has 2 atom stereocenters. The molecule has 1 aromatic rings. The van der Waals surface area contributed by atoms with Gasteiger partial charge in [-0.3, -0.25) is 4.90 Å². The summed E-state index contributed by atoms with van der Waals surface area (Å²) in [7, 11) is 1.34. The van der Waals surface area contributed by atoms with Crippen LogP contribution in [-0.2, 0) is 4.74 Å². The third-order valence-corrected chi connectivity index (χ3v) is 4.06. The number of nitrogens with zero attached hydrogens (tertiary/aromatic N) is 1. The molecule has 0 amide bonds. The van der Waals surface area contributed by atoms with Gasteiger partial charge in [-0.15, -0.1) is 0 Å². The van der Waals surface area contributed by atoms with E-state index in [4.69, 9.17) is 4.42 Å². The predicted molar refractivity (Wildman–Crippen MR) is 74.5 cm³/mol. The van der Waals surface area contributed by atoms with Gasteiger partial charge in [-0.05, 0) is 44.9 Å². The number of esters is 1. The fraction of sp³-hybridized carbons (Fsp3) is 0.667. The number of methoxy groups -OCH3 is 1. The number of carbonyl (C=O) groups is 1. The van der Waals surface area contributed by atoms with E-state index >= 15 is 0 Å². The molecular formula is C15H23NO4. The van der Waals surface area contributed by atoms with E-state index < -0.39 is 5.97 Å². The molecule has 1 N–H and O–H groups in total. The summed E-state index contributed by atoms with van der Waals surface area (Å²) in [5.74, 6) is 0.564. The van der Waals surface area contributed by atoms with E-state index in [0.717, 1.165) is 31.6 Å². The Kier molecular flexibility index (Phi) is 5.20. The monoisotopic (exact) mass is 281 g/mol. The van der Waals surface area contributed by atoms with Gasteiger partial charge in [0.2, 0.25) is 5.76 Å². The van der Waals surface area contributed by atoms with Gasteiger partial charge in [0, 0.05) is 12.6 Å². The van der Waals surface area contributed by atoms with E-state index in [2.05, 4.69) is 16.6 Å². The SMILES string of the molecule is COC(=O)c1ccc(C(C)N2CCCCC2CCO)o1. The molecule has 0 saturated carbocycles. The number of ether oxygens (including phenoxy) is 1. The normalized spacial score (nSPS) is 21.6. The van der Waals surface area contributed by atoms with Crippen LogP contribution >= 0.6 is 0 Å². The molecule has 1 aromatic heterocycles. The summed E-state index contributed by atoms with van der Waals surface area (Å²) < 4.78 is 10.3. The van der Waals surface area contributed by atoms with Crippen molar-refractivity contribution in [3.63, 3.8) is 0 Å². The lowest BCUT2D eigenvalue weighted by molar-refractivity contribution is 0.0540. The largest absolute Gasteiger partial charge is 0.463 e. The molecule has 5 nitrogen and oxygen atoms in total. The van der Waals surface area contributed by atoms with E-state index in [9.17, 15) is 9.90 Å². The first-order valence-electron chi connectivity index (χ1n) is 7.22. The lowest BCUT2D eigenvalue weighted by Gasteiger charge is -2.39. The number of hydrogen-bond donors (Lipinski definition) is 1. The first-order chi connectivity index (χ1) is 9.67. The van der Waals surface area contributed by atoms with Crippen LogP contribution < -0.4 is 0 Å². The number of likely N-dealkylation sites (tertiary alicyclic amines) is 1. The molecule has 112 valence electrons. The molecule has 2 rings (SSSR count). The van der Waals surface area contributed by atoms with Crippen molar-refractivity contribution in [1.29, 1.82) is 0 Å². The average Bonchev–Trinajstić information content (AvgIpc) is 2.96. The van der Waals surface area contributed by atoms with Gasteiger partial charge in [0.1, 0.15) is 5.76 Å². The van der Waals surface area contributed by atoms with Crippen LogP contribution in [0.3, 0.4) is 0 Å². The number of furan rings is 1. The molecule has 20 heavy (non-hydrogen) atoms. The van der Waals surface area contributed by atoms with Gasteiger partial charge in [0.25, 0.3) is 0 Å². The number of piperidine rings is 1. The summed E-state index contributed by atoms with van der Waals surface area (Å²) in [5.41, 5.74) is 0. The highest BCUT2D eigenvalue weighted by atomic mass is 16.5. The van der Waals surface area contributed by atoms with Crippen molar-refractivity contribution < 1.29 is 19.1 Å². The first-order valence-corrected chi connectivity index (χ1v) is 7.22. The Labute approximate surface area is 119 Å². The smallest absolute Gasteiger partial charge is 0.373 e. The summed E-state index contributed by atoms with van der Waals surface area (Å²) >= 11 is 0. The van der Waals surface area contributed by atoms with Gasteiger partial charge in [0.15, 0.2) is 0 Å². The Balaban J connectivity index is 2.10. The quantitative estimate of drug-likeness (QED) is 0.839. The van der Waals surface area contributed by atoms with E-state index in [-0.39, 0.29) is 18.4 Å². The van der Waals surface area contributed by atoms with Crippen LogP contribution in [0.15, 0.2) is 16.5 Å². The summed E-state index contributed by atoms with van der Waals surface area (Å²) in [6, 6.07) is 3.98. The zero-order valence-corrected chi connectivity index (χ0v) is 12.2. The third kappa shape index (κ3) is 3.22. The minimum absolute atomic E-state index is 0.102. The molecule has 2 heterocycles. The zero-order valence-electron chi connectivity index (χ0n) is 12.2. The number of carbonyl (C=O) groups excluding carboxylic acids is 1. The van der Waals surface area contributed by atoms with Crippen LogP contribution in [0, 0.1) is 0 Å². The minimum Gasteiger partial charge on any atom is -0.463 e. The molecule has 0 aliphatic carbocycles. The van der Waals surface area contributed by atoms with E-state index in [1.807, 2.05) is 6.07 Å². The zero-order chi connectivity index (χ0) is 14.5. The van der Waals surface area contributed by atoms with E-state index in [1.54, 1.807) is 6.07 Å². The van der Waals surface area contributed by atoms with Crippen LogP contribution in [-0.4, -0.2) is 42.3 Å². The first kappa shape index (κ1) is 15.1.